The zero-order valence-electron chi connectivity index (χ0n) is 10.9. The molecule has 0 fully saturated rings. The first-order chi connectivity index (χ1) is 9.83. The molecule has 0 aliphatic carbocycles. The molecule has 1 aromatic heterocycles. The van der Waals surface area contributed by atoms with Crippen LogP contribution in [0.5, 0.6) is 0 Å². The summed E-state index contributed by atoms with van der Waals surface area (Å²) >= 11 is 1.78. The minimum atomic E-state index is 1.06. The first kappa shape index (κ1) is 11.6. The van der Waals surface area contributed by atoms with Gasteiger partial charge in [0.2, 0.25) is 0 Å². The van der Waals surface area contributed by atoms with Crippen LogP contribution in [0.1, 0.15) is 11.1 Å². The van der Waals surface area contributed by atoms with Gasteiger partial charge in [-0.25, -0.2) is 0 Å². The fourth-order valence-electron chi connectivity index (χ4n) is 2.59. The van der Waals surface area contributed by atoms with Crippen LogP contribution in [0.15, 0.2) is 71.1 Å². The second kappa shape index (κ2) is 4.43. The molecule has 0 amide bonds. The van der Waals surface area contributed by atoms with Crippen molar-refractivity contribution in [2.75, 3.05) is 0 Å². The van der Waals surface area contributed by atoms with Gasteiger partial charge < -0.3 is 4.98 Å². The van der Waals surface area contributed by atoms with Crippen molar-refractivity contribution in [2.45, 2.75) is 9.92 Å². The Kier molecular flexibility index (Phi) is 2.57. The van der Waals surface area contributed by atoms with E-state index in [0.717, 1.165) is 5.57 Å². The number of fused-ring (bicyclic) bond motifs is 4. The summed E-state index contributed by atoms with van der Waals surface area (Å²) in [5.41, 5.74) is 4.70. The maximum Gasteiger partial charge on any atom is 0.0854 e. The Morgan fingerprint density at radius 3 is 2.65 bits per heavy atom. The number of para-hydroxylation sites is 1. The molecular weight excluding hydrogens is 262 g/mol. The fourth-order valence-corrected chi connectivity index (χ4v) is 3.71. The number of aromatic amines is 1. The van der Waals surface area contributed by atoms with E-state index < -0.39 is 0 Å². The van der Waals surface area contributed by atoms with Gasteiger partial charge in [-0.15, -0.1) is 0 Å². The van der Waals surface area contributed by atoms with E-state index >= 15 is 0 Å². The van der Waals surface area contributed by atoms with Gasteiger partial charge in [0.05, 0.1) is 5.03 Å². The molecular formula is C18H13NS. The van der Waals surface area contributed by atoms with E-state index in [9.17, 15) is 0 Å². The van der Waals surface area contributed by atoms with Gasteiger partial charge in [-0.2, -0.15) is 0 Å². The summed E-state index contributed by atoms with van der Waals surface area (Å²) in [5.74, 6) is 0. The van der Waals surface area contributed by atoms with Crippen LogP contribution >= 0.6 is 11.8 Å². The summed E-state index contributed by atoms with van der Waals surface area (Å²) in [6.07, 6.45) is 4.27. The monoisotopic (exact) mass is 275 g/mol. The van der Waals surface area contributed by atoms with Crippen molar-refractivity contribution in [1.29, 1.82) is 0 Å². The molecule has 0 unspecified atom stereocenters. The highest BCUT2D eigenvalue weighted by atomic mass is 32.2. The molecule has 0 radical (unpaired) electrons. The lowest BCUT2D eigenvalue weighted by Gasteiger charge is -2.11. The number of hydrogen-bond acceptors (Lipinski definition) is 1. The van der Waals surface area contributed by atoms with Gasteiger partial charge >= 0.3 is 0 Å². The third kappa shape index (κ3) is 1.73. The zero-order valence-corrected chi connectivity index (χ0v) is 11.7. The molecule has 1 aliphatic heterocycles. The predicted molar refractivity (Wildman–Crippen MR) is 86.9 cm³/mol. The van der Waals surface area contributed by atoms with E-state index in [4.69, 9.17) is 0 Å². The molecule has 3 aromatic rings. The number of H-pyrrole nitrogens is 1. The van der Waals surface area contributed by atoms with Crippen LogP contribution in [0.2, 0.25) is 0 Å². The summed E-state index contributed by atoms with van der Waals surface area (Å²) in [5, 5.41) is 2.46. The lowest BCUT2D eigenvalue weighted by Crippen LogP contribution is -1.88. The molecule has 2 aromatic carbocycles. The Bertz CT molecular complexity index is 855. The number of hydrogen-bond donors (Lipinski definition) is 1. The van der Waals surface area contributed by atoms with Gasteiger partial charge in [0, 0.05) is 21.4 Å². The second-order valence-corrected chi connectivity index (χ2v) is 5.92. The van der Waals surface area contributed by atoms with Crippen LogP contribution in [-0.2, 0) is 0 Å². The first-order valence-corrected chi connectivity index (χ1v) is 7.39. The molecule has 1 N–H and O–H groups in total. The molecule has 1 nitrogen and oxygen atoms in total. The number of aromatic nitrogens is 1. The van der Waals surface area contributed by atoms with Crippen LogP contribution in [0, 0.1) is 0 Å². The van der Waals surface area contributed by atoms with E-state index in [0.29, 0.717) is 0 Å². The highest BCUT2D eigenvalue weighted by Crippen LogP contribution is 2.40. The predicted octanol–water partition coefficient (Wildman–Crippen LogP) is 5.36. The van der Waals surface area contributed by atoms with Crippen LogP contribution in [0.25, 0.3) is 22.6 Å². The van der Waals surface area contributed by atoms with E-state index in [1.165, 1.54) is 32.0 Å². The van der Waals surface area contributed by atoms with Crippen molar-refractivity contribution in [3.05, 3.63) is 72.3 Å². The van der Waals surface area contributed by atoms with E-state index in [-0.39, 0.29) is 0 Å². The molecule has 0 saturated heterocycles. The normalized spacial score (nSPS) is 15.3. The van der Waals surface area contributed by atoms with Crippen LogP contribution in [0.3, 0.4) is 0 Å². The minimum Gasteiger partial charge on any atom is -0.349 e. The van der Waals surface area contributed by atoms with Crippen molar-refractivity contribution in [2.24, 2.45) is 0 Å². The number of allylic oxidation sites excluding steroid dienone is 2. The first-order valence-electron chi connectivity index (χ1n) is 6.58. The maximum absolute atomic E-state index is 4.18. The molecule has 0 spiro atoms. The van der Waals surface area contributed by atoms with Gasteiger partial charge in [0.15, 0.2) is 0 Å². The maximum atomic E-state index is 4.18. The summed E-state index contributed by atoms with van der Waals surface area (Å²) in [6.45, 7) is 4.18. The molecule has 1 aliphatic rings. The summed E-state index contributed by atoms with van der Waals surface area (Å²) in [7, 11) is 0. The lowest BCUT2D eigenvalue weighted by atomic mass is 10.1. The van der Waals surface area contributed by atoms with Crippen molar-refractivity contribution < 1.29 is 0 Å². The molecule has 4 rings (SSSR count). The Morgan fingerprint density at radius 1 is 0.900 bits per heavy atom. The summed E-state index contributed by atoms with van der Waals surface area (Å²) in [6, 6.07) is 16.8. The van der Waals surface area contributed by atoms with Crippen molar-refractivity contribution >= 4 is 34.3 Å². The van der Waals surface area contributed by atoms with Crippen molar-refractivity contribution in [1.82, 2.24) is 4.98 Å². The van der Waals surface area contributed by atoms with Crippen LogP contribution in [-0.4, -0.2) is 4.98 Å². The standard InChI is InChI=1S/C18H13NS/c1-12-10-11-15-14-7-2-4-8-16(14)19-18(15)20-17-9-5-3-6-13(12)17/h2-11,19H,1H2/b11-10-. The Hall–Kier alpha value is -2.19. The Morgan fingerprint density at radius 2 is 1.70 bits per heavy atom. The largest absolute Gasteiger partial charge is 0.349 e. The van der Waals surface area contributed by atoms with E-state index in [2.05, 4.69) is 72.2 Å². The Labute approximate surface area is 122 Å². The topological polar surface area (TPSA) is 15.8 Å². The third-order valence-corrected chi connectivity index (χ3v) is 4.71. The average molecular weight is 275 g/mol. The smallest absolute Gasteiger partial charge is 0.0854 e. The lowest BCUT2D eigenvalue weighted by molar-refractivity contribution is 1.21. The van der Waals surface area contributed by atoms with E-state index in [1.807, 2.05) is 0 Å². The third-order valence-electron chi connectivity index (χ3n) is 3.61. The molecule has 96 valence electrons. The Balaban J connectivity index is 2.00. The summed E-state index contributed by atoms with van der Waals surface area (Å²) < 4.78 is 0. The van der Waals surface area contributed by atoms with Crippen molar-refractivity contribution in [3.63, 3.8) is 0 Å². The van der Waals surface area contributed by atoms with Gasteiger partial charge in [0.1, 0.15) is 0 Å². The second-order valence-electron chi connectivity index (χ2n) is 4.87. The minimum absolute atomic E-state index is 1.06. The van der Waals surface area contributed by atoms with Gasteiger partial charge in [-0.3, -0.25) is 0 Å². The highest BCUT2D eigenvalue weighted by molar-refractivity contribution is 7.99. The number of benzene rings is 2. The zero-order chi connectivity index (χ0) is 13.5. The molecule has 0 saturated carbocycles. The van der Waals surface area contributed by atoms with Crippen LogP contribution < -0.4 is 0 Å². The molecule has 20 heavy (non-hydrogen) atoms. The molecule has 2 heteroatoms. The SMILES string of the molecule is C=C1/C=C\c2c([nH]c3ccccc23)Sc2ccccc21. The van der Waals surface area contributed by atoms with Gasteiger partial charge in [-0.05, 0) is 23.3 Å². The van der Waals surface area contributed by atoms with Crippen molar-refractivity contribution in [3.8, 4) is 0 Å². The fraction of sp³-hybridized carbons (Fsp3) is 0. The van der Waals surface area contributed by atoms with Crippen LogP contribution in [0.4, 0.5) is 0 Å². The quantitative estimate of drug-likeness (QED) is 0.584. The van der Waals surface area contributed by atoms with E-state index in [1.54, 1.807) is 11.8 Å². The molecule has 0 atom stereocenters. The molecule has 2 heterocycles. The molecule has 0 bridgehead atoms. The van der Waals surface area contributed by atoms with Gasteiger partial charge in [0.25, 0.3) is 0 Å². The number of nitrogens with one attached hydrogen (secondary N) is 1. The highest BCUT2D eigenvalue weighted by Gasteiger charge is 2.15. The van der Waals surface area contributed by atoms with Gasteiger partial charge in [-0.1, -0.05) is 66.9 Å². The number of rotatable bonds is 0. The summed E-state index contributed by atoms with van der Waals surface area (Å²) in [4.78, 5) is 4.77. The average Bonchev–Trinajstić information content (AvgIpc) is 2.81.